The minimum absolute atomic E-state index is 0.146. The SMILES string of the molecule is CC(=O)Nc1ccc(NC(=O)/C(C#N)=C\NCc2ccccc2F)cc1. The van der Waals surface area contributed by atoms with Gasteiger partial charge in [-0.2, -0.15) is 5.26 Å². The lowest BCUT2D eigenvalue weighted by atomic mass is 10.2. The number of rotatable bonds is 6. The molecule has 0 saturated heterocycles. The molecular weight excluding hydrogens is 335 g/mol. The molecule has 2 aromatic carbocycles. The van der Waals surface area contributed by atoms with E-state index >= 15 is 0 Å². The van der Waals surface area contributed by atoms with Crippen molar-refractivity contribution < 1.29 is 14.0 Å². The first-order chi connectivity index (χ1) is 12.5. The molecule has 0 bridgehead atoms. The number of nitrogens with zero attached hydrogens (tertiary/aromatic N) is 1. The van der Waals surface area contributed by atoms with Crippen LogP contribution in [0, 0.1) is 17.1 Å². The lowest BCUT2D eigenvalue weighted by Crippen LogP contribution is -2.17. The van der Waals surface area contributed by atoms with E-state index in [0.717, 1.165) is 0 Å². The Morgan fingerprint density at radius 1 is 1.08 bits per heavy atom. The van der Waals surface area contributed by atoms with Crippen LogP contribution in [0.1, 0.15) is 12.5 Å². The summed E-state index contributed by atoms with van der Waals surface area (Å²) in [6, 6.07) is 14.5. The maximum absolute atomic E-state index is 13.5. The zero-order valence-corrected chi connectivity index (χ0v) is 14.0. The number of benzene rings is 2. The molecule has 0 aliphatic rings. The third kappa shape index (κ3) is 5.46. The summed E-state index contributed by atoms with van der Waals surface area (Å²) in [5.41, 5.74) is 1.35. The Morgan fingerprint density at radius 3 is 2.27 bits per heavy atom. The highest BCUT2D eigenvalue weighted by atomic mass is 19.1. The van der Waals surface area contributed by atoms with Gasteiger partial charge >= 0.3 is 0 Å². The monoisotopic (exact) mass is 352 g/mol. The van der Waals surface area contributed by atoms with Crippen molar-refractivity contribution in [2.75, 3.05) is 10.6 Å². The fourth-order valence-corrected chi connectivity index (χ4v) is 2.09. The van der Waals surface area contributed by atoms with Crippen LogP contribution in [0.25, 0.3) is 0 Å². The fourth-order valence-electron chi connectivity index (χ4n) is 2.09. The lowest BCUT2D eigenvalue weighted by molar-refractivity contribution is -0.114. The van der Waals surface area contributed by atoms with Crippen molar-refractivity contribution in [2.24, 2.45) is 0 Å². The van der Waals surface area contributed by atoms with E-state index in [-0.39, 0.29) is 23.8 Å². The molecule has 0 aromatic heterocycles. The third-order valence-electron chi connectivity index (χ3n) is 3.32. The van der Waals surface area contributed by atoms with Gasteiger partial charge < -0.3 is 16.0 Å². The molecule has 7 heteroatoms. The molecule has 0 radical (unpaired) electrons. The summed E-state index contributed by atoms with van der Waals surface area (Å²) in [5.74, 6) is -1.16. The number of carbonyl (C=O) groups excluding carboxylic acids is 2. The van der Waals surface area contributed by atoms with Crippen LogP contribution in [-0.4, -0.2) is 11.8 Å². The zero-order valence-electron chi connectivity index (χ0n) is 14.0. The van der Waals surface area contributed by atoms with E-state index in [1.165, 1.54) is 19.2 Å². The Balaban J connectivity index is 1.96. The van der Waals surface area contributed by atoms with Crippen molar-refractivity contribution in [3.05, 3.63) is 71.7 Å². The van der Waals surface area contributed by atoms with E-state index in [4.69, 9.17) is 5.26 Å². The molecule has 0 saturated carbocycles. The fraction of sp³-hybridized carbons (Fsp3) is 0.105. The van der Waals surface area contributed by atoms with E-state index in [1.54, 1.807) is 48.5 Å². The molecule has 3 N–H and O–H groups in total. The van der Waals surface area contributed by atoms with E-state index in [1.807, 2.05) is 0 Å². The Hall–Kier alpha value is -3.66. The Bertz CT molecular complexity index is 870. The Morgan fingerprint density at radius 2 is 1.69 bits per heavy atom. The summed E-state index contributed by atoms with van der Waals surface area (Å²) in [6.45, 7) is 1.55. The van der Waals surface area contributed by atoms with Gasteiger partial charge in [-0.15, -0.1) is 0 Å². The van der Waals surface area contributed by atoms with E-state index in [0.29, 0.717) is 16.9 Å². The standard InChI is InChI=1S/C19H17FN4O2/c1-13(25)23-16-6-8-17(9-7-16)24-19(26)15(10-21)12-22-11-14-4-2-3-5-18(14)20/h2-9,12,22H,11H2,1H3,(H,23,25)(H,24,26)/b15-12-. The number of nitrogens with one attached hydrogen (secondary N) is 3. The normalized spacial score (nSPS) is 10.6. The molecule has 0 heterocycles. The van der Waals surface area contributed by atoms with Gasteiger partial charge in [-0.3, -0.25) is 9.59 Å². The van der Waals surface area contributed by atoms with Crippen LogP contribution in [0.3, 0.4) is 0 Å². The number of hydrogen-bond acceptors (Lipinski definition) is 4. The van der Waals surface area contributed by atoms with E-state index in [9.17, 15) is 14.0 Å². The molecule has 0 aliphatic heterocycles. The smallest absolute Gasteiger partial charge is 0.267 e. The molecule has 2 rings (SSSR count). The van der Waals surface area contributed by atoms with Crippen LogP contribution < -0.4 is 16.0 Å². The van der Waals surface area contributed by atoms with Gasteiger partial charge in [0, 0.05) is 36.6 Å². The molecule has 2 amide bonds. The van der Waals surface area contributed by atoms with Crippen molar-refractivity contribution in [2.45, 2.75) is 13.5 Å². The molecule has 26 heavy (non-hydrogen) atoms. The second-order valence-electron chi connectivity index (χ2n) is 5.35. The lowest BCUT2D eigenvalue weighted by Gasteiger charge is -2.07. The highest BCUT2D eigenvalue weighted by Crippen LogP contribution is 2.14. The molecular formula is C19H17FN4O2. The van der Waals surface area contributed by atoms with Crippen molar-refractivity contribution >= 4 is 23.2 Å². The maximum atomic E-state index is 13.5. The maximum Gasteiger partial charge on any atom is 0.267 e. The average molecular weight is 352 g/mol. The number of nitriles is 1. The van der Waals surface area contributed by atoms with Crippen molar-refractivity contribution in [3.63, 3.8) is 0 Å². The molecule has 0 unspecified atom stereocenters. The second kappa shape index (κ2) is 8.99. The average Bonchev–Trinajstić information content (AvgIpc) is 2.61. The van der Waals surface area contributed by atoms with Gasteiger partial charge in [0.1, 0.15) is 17.5 Å². The van der Waals surface area contributed by atoms with Gasteiger partial charge in [0.15, 0.2) is 0 Å². The summed E-state index contributed by atoms with van der Waals surface area (Å²) in [5, 5.41) is 17.1. The van der Waals surface area contributed by atoms with Gasteiger partial charge in [0.05, 0.1) is 0 Å². The summed E-state index contributed by atoms with van der Waals surface area (Å²) < 4.78 is 13.5. The Kier molecular flexibility index (Phi) is 6.46. The molecule has 0 aliphatic carbocycles. The van der Waals surface area contributed by atoms with E-state index < -0.39 is 5.91 Å². The summed E-state index contributed by atoms with van der Waals surface area (Å²) in [7, 11) is 0. The van der Waals surface area contributed by atoms with Crippen LogP contribution >= 0.6 is 0 Å². The number of anilines is 2. The quantitative estimate of drug-likeness (QED) is 0.550. The topological polar surface area (TPSA) is 94.0 Å². The van der Waals surface area contributed by atoms with Crippen LogP contribution in [0.2, 0.25) is 0 Å². The highest BCUT2D eigenvalue weighted by Gasteiger charge is 2.09. The predicted molar refractivity (Wildman–Crippen MR) is 96.3 cm³/mol. The highest BCUT2D eigenvalue weighted by molar-refractivity contribution is 6.06. The van der Waals surface area contributed by atoms with Crippen molar-refractivity contribution in [1.29, 1.82) is 5.26 Å². The number of hydrogen-bond donors (Lipinski definition) is 3. The van der Waals surface area contributed by atoms with Crippen LogP contribution in [0.4, 0.5) is 15.8 Å². The number of amides is 2. The predicted octanol–water partition coefficient (Wildman–Crippen LogP) is 2.92. The number of halogens is 1. The zero-order chi connectivity index (χ0) is 18.9. The molecule has 6 nitrogen and oxygen atoms in total. The second-order valence-corrected chi connectivity index (χ2v) is 5.35. The van der Waals surface area contributed by atoms with Crippen LogP contribution in [-0.2, 0) is 16.1 Å². The van der Waals surface area contributed by atoms with Gasteiger partial charge in [0.2, 0.25) is 5.91 Å². The molecule has 2 aromatic rings. The number of carbonyl (C=O) groups is 2. The van der Waals surface area contributed by atoms with E-state index in [2.05, 4.69) is 16.0 Å². The summed E-state index contributed by atoms with van der Waals surface area (Å²) >= 11 is 0. The van der Waals surface area contributed by atoms with Gasteiger partial charge in [-0.1, -0.05) is 18.2 Å². The first kappa shape index (κ1) is 18.7. The van der Waals surface area contributed by atoms with Gasteiger partial charge in [0.25, 0.3) is 5.91 Å². The minimum atomic E-state index is -0.596. The third-order valence-corrected chi connectivity index (χ3v) is 3.32. The van der Waals surface area contributed by atoms with Crippen LogP contribution in [0.5, 0.6) is 0 Å². The summed E-state index contributed by atoms with van der Waals surface area (Å²) in [6.07, 6.45) is 1.24. The van der Waals surface area contributed by atoms with Crippen molar-refractivity contribution in [3.8, 4) is 6.07 Å². The Labute approximate surface area is 150 Å². The van der Waals surface area contributed by atoms with Gasteiger partial charge in [-0.25, -0.2) is 4.39 Å². The van der Waals surface area contributed by atoms with Crippen molar-refractivity contribution in [1.82, 2.24) is 5.32 Å². The molecule has 0 spiro atoms. The summed E-state index contributed by atoms with van der Waals surface area (Å²) in [4.78, 5) is 23.1. The molecule has 132 valence electrons. The molecule has 0 fully saturated rings. The first-order valence-electron chi connectivity index (χ1n) is 7.75. The first-order valence-corrected chi connectivity index (χ1v) is 7.75. The molecule has 0 atom stereocenters. The van der Waals surface area contributed by atoms with Crippen LogP contribution in [0.15, 0.2) is 60.3 Å². The largest absolute Gasteiger partial charge is 0.385 e. The van der Waals surface area contributed by atoms with Gasteiger partial charge in [-0.05, 0) is 30.3 Å². The minimum Gasteiger partial charge on any atom is -0.385 e.